The fourth-order valence-corrected chi connectivity index (χ4v) is 4.04. The first-order valence-electron chi connectivity index (χ1n) is 8.38. The van der Waals surface area contributed by atoms with Gasteiger partial charge in [-0.15, -0.1) is 0 Å². The SMILES string of the molecule is CS(=O)(=O)N1CCC(C(=O)Nc2ccccc2C(F)(F)F)Oc2ccc(Cl)cc21. The van der Waals surface area contributed by atoms with Gasteiger partial charge in [-0.3, -0.25) is 9.10 Å². The lowest BCUT2D eigenvalue weighted by molar-refractivity contribution is -0.137. The smallest absolute Gasteiger partial charge is 0.418 e. The van der Waals surface area contributed by atoms with Gasteiger partial charge in [0.15, 0.2) is 6.10 Å². The quantitative estimate of drug-likeness (QED) is 0.772. The second kappa shape index (κ2) is 7.75. The number of carbonyl (C=O) groups excluding carboxylic acids is 1. The zero-order valence-electron chi connectivity index (χ0n) is 15.0. The maximum absolute atomic E-state index is 13.2. The van der Waals surface area contributed by atoms with E-state index in [0.29, 0.717) is 0 Å². The molecule has 1 amide bonds. The molecule has 2 aromatic carbocycles. The average molecular weight is 449 g/mol. The lowest BCUT2D eigenvalue weighted by atomic mass is 10.1. The number of nitrogens with one attached hydrogen (secondary N) is 1. The molecule has 0 saturated heterocycles. The summed E-state index contributed by atoms with van der Waals surface area (Å²) in [7, 11) is -3.70. The maximum atomic E-state index is 13.2. The van der Waals surface area contributed by atoms with Crippen LogP contribution in [0.2, 0.25) is 5.02 Å². The van der Waals surface area contributed by atoms with Crippen molar-refractivity contribution in [1.82, 2.24) is 0 Å². The zero-order valence-corrected chi connectivity index (χ0v) is 16.6. The number of alkyl halides is 3. The van der Waals surface area contributed by atoms with E-state index < -0.39 is 39.5 Å². The summed E-state index contributed by atoms with van der Waals surface area (Å²) in [5.74, 6) is -0.737. The van der Waals surface area contributed by atoms with Crippen LogP contribution in [0.4, 0.5) is 24.5 Å². The molecule has 0 fully saturated rings. The van der Waals surface area contributed by atoms with Crippen molar-refractivity contribution in [3.8, 4) is 5.75 Å². The number of benzene rings is 2. The van der Waals surface area contributed by atoms with E-state index in [-0.39, 0.29) is 29.4 Å². The van der Waals surface area contributed by atoms with E-state index in [0.717, 1.165) is 22.7 Å². The molecular weight excluding hydrogens is 433 g/mol. The van der Waals surface area contributed by atoms with Gasteiger partial charge in [-0.1, -0.05) is 23.7 Å². The highest BCUT2D eigenvalue weighted by Crippen LogP contribution is 2.37. The molecule has 6 nitrogen and oxygen atoms in total. The molecule has 0 bridgehead atoms. The minimum absolute atomic E-state index is 0.0701. The molecule has 1 aliphatic rings. The van der Waals surface area contributed by atoms with Gasteiger partial charge in [-0.2, -0.15) is 13.2 Å². The molecule has 0 aromatic heterocycles. The Hall–Kier alpha value is -2.46. The summed E-state index contributed by atoms with van der Waals surface area (Å²) >= 11 is 5.95. The Bertz CT molecular complexity index is 1040. The van der Waals surface area contributed by atoms with E-state index in [1.807, 2.05) is 0 Å². The monoisotopic (exact) mass is 448 g/mol. The molecule has 156 valence electrons. The van der Waals surface area contributed by atoms with Crippen LogP contribution in [0, 0.1) is 0 Å². The van der Waals surface area contributed by atoms with Crippen LogP contribution >= 0.6 is 11.6 Å². The third kappa shape index (κ3) is 4.76. The van der Waals surface area contributed by atoms with E-state index in [1.54, 1.807) is 0 Å². The summed E-state index contributed by atoms with van der Waals surface area (Å²) < 4.78 is 70.4. The number of amides is 1. The first-order chi connectivity index (χ1) is 13.5. The summed E-state index contributed by atoms with van der Waals surface area (Å²) in [4.78, 5) is 12.6. The van der Waals surface area contributed by atoms with Gasteiger partial charge in [0.2, 0.25) is 10.0 Å². The Labute approximate surface area is 170 Å². The lowest BCUT2D eigenvalue weighted by Crippen LogP contribution is -2.36. The Kier molecular flexibility index (Phi) is 5.68. The zero-order chi connectivity index (χ0) is 21.4. The van der Waals surface area contributed by atoms with E-state index in [4.69, 9.17) is 16.3 Å². The van der Waals surface area contributed by atoms with Gasteiger partial charge in [0.25, 0.3) is 5.91 Å². The van der Waals surface area contributed by atoms with Crippen LogP contribution in [-0.4, -0.2) is 33.2 Å². The molecule has 0 spiro atoms. The van der Waals surface area contributed by atoms with E-state index in [9.17, 15) is 26.4 Å². The number of sulfonamides is 1. The van der Waals surface area contributed by atoms with Gasteiger partial charge < -0.3 is 10.1 Å². The summed E-state index contributed by atoms with van der Waals surface area (Å²) in [5, 5.41) is 2.50. The molecule has 29 heavy (non-hydrogen) atoms. The number of rotatable bonds is 3. The normalized spacial score (nSPS) is 17.1. The highest BCUT2D eigenvalue weighted by Gasteiger charge is 2.35. The molecule has 3 rings (SSSR count). The fraction of sp³-hybridized carbons (Fsp3) is 0.278. The molecule has 0 radical (unpaired) electrons. The molecule has 11 heteroatoms. The van der Waals surface area contributed by atoms with Gasteiger partial charge in [-0.05, 0) is 30.3 Å². The second-order valence-corrected chi connectivity index (χ2v) is 8.72. The van der Waals surface area contributed by atoms with E-state index in [1.165, 1.54) is 30.3 Å². The van der Waals surface area contributed by atoms with Crippen molar-refractivity contribution in [2.45, 2.75) is 18.7 Å². The highest BCUT2D eigenvalue weighted by atomic mass is 35.5. The van der Waals surface area contributed by atoms with Crippen molar-refractivity contribution >= 4 is 38.9 Å². The van der Waals surface area contributed by atoms with Crippen LogP contribution in [0.5, 0.6) is 5.75 Å². The highest BCUT2D eigenvalue weighted by molar-refractivity contribution is 7.92. The minimum Gasteiger partial charge on any atom is -0.478 e. The lowest BCUT2D eigenvalue weighted by Gasteiger charge is -2.21. The predicted molar refractivity (Wildman–Crippen MR) is 103 cm³/mol. The van der Waals surface area contributed by atoms with Crippen LogP contribution in [0.25, 0.3) is 0 Å². The van der Waals surface area contributed by atoms with Gasteiger partial charge >= 0.3 is 6.18 Å². The van der Waals surface area contributed by atoms with Crippen LogP contribution in [0.1, 0.15) is 12.0 Å². The Balaban J connectivity index is 1.90. The number of halogens is 4. The summed E-state index contributed by atoms with van der Waals surface area (Å²) in [6.07, 6.45) is -4.93. The molecule has 1 N–H and O–H groups in total. The summed E-state index contributed by atoms with van der Waals surface area (Å²) in [5.41, 5.74) is -1.24. The minimum atomic E-state index is -4.65. The van der Waals surface area contributed by atoms with Gasteiger partial charge in [-0.25, -0.2) is 8.42 Å². The molecule has 1 unspecified atom stereocenters. The van der Waals surface area contributed by atoms with Crippen LogP contribution in [0.15, 0.2) is 42.5 Å². The van der Waals surface area contributed by atoms with Crippen molar-refractivity contribution < 1.29 is 31.1 Å². The molecule has 1 atom stereocenters. The number of fused-ring (bicyclic) bond motifs is 1. The third-order valence-corrected chi connectivity index (χ3v) is 5.65. The second-order valence-electron chi connectivity index (χ2n) is 6.37. The van der Waals surface area contributed by atoms with Gasteiger partial charge in [0.1, 0.15) is 5.75 Å². The summed E-state index contributed by atoms with van der Waals surface area (Å²) in [6.45, 7) is -0.106. The number of hydrogen-bond donors (Lipinski definition) is 1. The number of para-hydroxylation sites is 1. The Morgan fingerprint density at radius 3 is 2.59 bits per heavy atom. The Morgan fingerprint density at radius 1 is 1.24 bits per heavy atom. The number of carbonyl (C=O) groups is 1. The van der Waals surface area contributed by atoms with Crippen molar-refractivity contribution in [2.75, 3.05) is 22.4 Å². The first-order valence-corrected chi connectivity index (χ1v) is 10.6. The van der Waals surface area contributed by atoms with Gasteiger partial charge in [0, 0.05) is 18.0 Å². The van der Waals surface area contributed by atoms with Gasteiger partial charge in [0.05, 0.1) is 23.2 Å². The number of nitrogens with zero attached hydrogens (tertiary/aromatic N) is 1. The maximum Gasteiger partial charge on any atom is 0.418 e. The number of anilines is 2. The standard InChI is InChI=1S/C18H16ClF3N2O4S/c1-29(26,27)24-9-8-16(28-15-7-6-11(19)10-14(15)24)17(25)23-13-5-3-2-4-12(13)18(20,21)22/h2-7,10,16H,8-9H2,1H3,(H,23,25). The third-order valence-electron chi connectivity index (χ3n) is 4.24. The van der Waals surface area contributed by atoms with Crippen LogP contribution < -0.4 is 14.4 Å². The fourth-order valence-electron chi connectivity index (χ4n) is 2.93. The molecule has 1 heterocycles. The molecular formula is C18H16ClF3N2O4S. The van der Waals surface area contributed by atoms with Crippen molar-refractivity contribution in [3.63, 3.8) is 0 Å². The topological polar surface area (TPSA) is 75.7 Å². The average Bonchev–Trinajstić information content (AvgIpc) is 2.80. The summed E-state index contributed by atoms with van der Waals surface area (Å²) in [6, 6.07) is 8.81. The molecule has 0 aliphatic carbocycles. The Morgan fingerprint density at radius 2 is 1.93 bits per heavy atom. The van der Waals surface area contributed by atoms with Crippen molar-refractivity contribution in [2.24, 2.45) is 0 Å². The van der Waals surface area contributed by atoms with E-state index in [2.05, 4.69) is 5.32 Å². The first kappa shape index (κ1) is 21.3. The largest absolute Gasteiger partial charge is 0.478 e. The van der Waals surface area contributed by atoms with E-state index >= 15 is 0 Å². The molecule has 0 saturated carbocycles. The number of hydrogen-bond acceptors (Lipinski definition) is 4. The predicted octanol–water partition coefficient (Wildman–Crippen LogP) is 3.91. The van der Waals surface area contributed by atoms with Crippen LogP contribution in [-0.2, 0) is 21.0 Å². The molecule has 1 aliphatic heterocycles. The van der Waals surface area contributed by atoms with Crippen molar-refractivity contribution in [1.29, 1.82) is 0 Å². The number of ether oxygens (including phenoxy) is 1. The van der Waals surface area contributed by atoms with Crippen molar-refractivity contribution in [3.05, 3.63) is 53.1 Å². The molecule has 2 aromatic rings. The van der Waals surface area contributed by atoms with Crippen LogP contribution in [0.3, 0.4) is 0 Å².